The Morgan fingerprint density at radius 3 is 2.57 bits per heavy atom. The molecule has 124 valence electrons. The van der Waals surface area contributed by atoms with Gasteiger partial charge >= 0.3 is 12.1 Å². The van der Waals surface area contributed by atoms with Crippen LogP contribution in [0.3, 0.4) is 0 Å². The second kappa shape index (κ2) is 7.23. The largest absolute Gasteiger partial charge is 0.471 e. The van der Waals surface area contributed by atoms with Gasteiger partial charge < -0.3 is 14.6 Å². The Morgan fingerprint density at radius 1 is 1.30 bits per heavy atom. The van der Waals surface area contributed by atoms with Gasteiger partial charge in [0.1, 0.15) is 0 Å². The number of nitrogens with one attached hydrogen (secondary N) is 1. The van der Waals surface area contributed by atoms with E-state index in [1.165, 1.54) is 7.11 Å². The summed E-state index contributed by atoms with van der Waals surface area (Å²) < 4.78 is 46.2. The first kappa shape index (κ1) is 16.9. The maximum atomic E-state index is 12.4. The van der Waals surface area contributed by atoms with Gasteiger partial charge in [0.15, 0.2) is 0 Å². The summed E-state index contributed by atoms with van der Waals surface area (Å²) >= 11 is 0. The fourth-order valence-corrected chi connectivity index (χ4v) is 1.71. The average Bonchev–Trinajstić information content (AvgIpc) is 3.01. The van der Waals surface area contributed by atoms with Gasteiger partial charge in [-0.1, -0.05) is 29.4 Å². The molecule has 0 bridgehead atoms. The van der Waals surface area contributed by atoms with Gasteiger partial charge in [-0.25, -0.2) is 0 Å². The fourth-order valence-electron chi connectivity index (χ4n) is 1.71. The Morgan fingerprint density at radius 2 is 2.00 bits per heavy atom. The van der Waals surface area contributed by atoms with Gasteiger partial charge in [-0.3, -0.25) is 4.79 Å². The first-order chi connectivity index (χ1) is 10.9. The summed E-state index contributed by atoms with van der Waals surface area (Å²) in [6.45, 7) is 0.646. The number of amides is 1. The number of halogens is 3. The van der Waals surface area contributed by atoms with Crippen molar-refractivity contribution in [2.24, 2.45) is 0 Å². The number of hydrogen-bond donors (Lipinski definition) is 1. The summed E-state index contributed by atoms with van der Waals surface area (Å²) in [5, 5.41) is 6.00. The van der Waals surface area contributed by atoms with Gasteiger partial charge in [0.05, 0.1) is 6.61 Å². The lowest BCUT2D eigenvalue weighted by molar-refractivity contribution is -0.159. The lowest BCUT2D eigenvalue weighted by atomic mass is 10.1. The summed E-state index contributed by atoms with van der Waals surface area (Å²) in [7, 11) is 1.51. The molecule has 0 atom stereocenters. The molecule has 0 radical (unpaired) electrons. The Balaban J connectivity index is 1.97. The molecule has 1 N–H and O–H groups in total. The zero-order valence-corrected chi connectivity index (χ0v) is 12.2. The average molecular weight is 329 g/mol. The van der Waals surface area contributed by atoms with Crippen molar-refractivity contribution >= 4 is 5.91 Å². The van der Waals surface area contributed by atoms with Crippen LogP contribution >= 0.6 is 0 Å². The van der Waals surface area contributed by atoms with Crippen LogP contribution in [0.1, 0.15) is 17.9 Å². The highest BCUT2D eigenvalue weighted by Crippen LogP contribution is 2.29. The highest BCUT2D eigenvalue weighted by molar-refractivity contribution is 5.75. The first-order valence-corrected chi connectivity index (χ1v) is 6.66. The topological polar surface area (TPSA) is 77.2 Å². The van der Waals surface area contributed by atoms with Crippen LogP contribution in [0.5, 0.6) is 0 Å². The fraction of sp³-hybridized carbons (Fsp3) is 0.357. The van der Waals surface area contributed by atoms with E-state index in [4.69, 9.17) is 4.74 Å². The number of nitrogens with zero attached hydrogens (tertiary/aromatic N) is 2. The van der Waals surface area contributed by atoms with Crippen molar-refractivity contribution < 1.29 is 27.2 Å². The molecule has 0 saturated carbocycles. The second-order valence-electron chi connectivity index (χ2n) is 4.64. The predicted molar refractivity (Wildman–Crippen MR) is 73.1 cm³/mol. The van der Waals surface area contributed by atoms with E-state index >= 15 is 0 Å². The highest BCUT2D eigenvalue weighted by atomic mass is 19.4. The minimum absolute atomic E-state index is 0.145. The maximum Gasteiger partial charge on any atom is 0.471 e. The Bertz CT molecular complexity index is 653. The Hall–Kier alpha value is -2.42. The number of ether oxygens (including phenoxy) is 1. The van der Waals surface area contributed by atoms with Crippen molar-refractivity contribution in [2.75, 3.05) is 13.7 Å². The quantitative estimate of drug-likeness (QED) is 0.880. The van der Waals surface area contributed by atoms with E-state index in [2.05, 4.69) is 20.0 Å². The summed E-state index contributed by atoms with van der Waals surface area (Å²) in [6.07, 6.45) is -4.41. The lowest BCUT2D eigenvalue weighted by Crippen LogP contribution is -2.23. The highest BCUT2D eigenvalue weighted by Gasteiger charge is 2.38. The van der Waals surface area contributed by atoms with Crippen molar-refractivity contribution in [3.8, 4) is 11.4 Å². The third-order valence-electron chi connectivity index (χ3n) is 2.90. The van der Waals surface area contributed by atoms with E-state index in [0.717, 1.165) is 5.56 Å². The number of alkyl halides is 3. The summed E-state index contributed by atoms with van der Waals surface area (Å²) in [6, 6.07) is 6.44. The number of benzene rings is 1. The zero-order chi connectivity index (χ0) is 16.9. The molecule has 0 spiro atoms. The maximum absolute atomic E-state index is 12.4. The van der Waals surface area contributed by atoms with Crippen molar-refractivity contribution in [1.82, 2.24) is 15.5 Å². The van der Waals surface area contributed by atoms with Gasteiger partial charge in [-0.15, -0.1) is 0 Å². The van der Waals surface area contributed by atoms with E-state index in [0.29, 0.717) is 18.7 Å². The number of hydrogen-bond acceptors (Lipinski definition) is 5. The van der Waals surface area contributed by atoms with Crippen LogP contribution in [0.25, 0.3) is 11.4 Å². The normalized spacial score (nSPS) is 11.5. The zero-order valence-electron chi connectivity index (χ0n) is 12.2. The Kier molecular flexibility index (Phi) is 5.32. The van der Waals surface area contributed by atoms with E-state index in [-0.39, 0.29) is 18.2 Å². The second-order valence-corrected chi connectivity index (χ2v) is 4.64. The molecule has 6 nitrogen and oxygen atoms in total. The molecule has 0 unspecified atom stereocenters. The van der Waals surface area contributed by atoms with Gasteiger partial charge in [-0.2, -0.15) is 18.2 Å². The van der Waals surface area contributed by atoms with Crippen LogP contribution in [0.15, 0.2) is 28.8 Å². The number of methoxy groups -OCH3 is 1. The molecule has 23 heavy (non-hydrogen) atoms. The van der Waals surface area contributed by atoms with E-state index in [1.807, 2.05) is 0 Å². The van der Waals surface area contributed by atoms with E-state index < -0.39 is 12.1 Å². The molecule has 0 aliphatic rings. The van der Waals surface area contributed by atoms with Crippen LogP contribution in [0.4, 0.5) is 13.2 Å². The lowest BCUT2D eigenvalue weighted by Gasteiger charge is -2.05. The molecule has 2 rings (SSSR count). The van der Waals surface area contributed by atoms with Gasteiger partial charge in [0, 0.05) is 25.6 Å². The van der Waals surface area contributed by atoms with Crippen LogP contribution in [0, 0.1) is 0 Å². The number of carbonyl (C=O) groups excluding carboxylic acids is 1. The SMILES string of the molecule is COCCC(=O)NCc1ccc(-c2noc(C(F)(F)F)n2)cc1. The van der Waals surface area contributed by atoms with Crippen LogP contribution < -0.4 is 5.32 Å². The molecule has 1 heterocycles. The van der Waals surface area contributed by atoms with Crippen molar-refractivity contribution in [3.05, 3.63) is 35.7 Å². The Labute approximate surface area is 129 Å². The molecule has 0 aliphatic heterocycles. The molecular formula is C14H14F3N3O3. The summed E-state index contributed by atoms with van der Waals surface area (Å²) in [5.41, 5.74) is 1.18. The monoisotopic (exact) mass is 329 g/mol. The number of carbonyl (C=O) groups is 1. The summed E-state index contributed by atoms with van der Waals surface area (Å²) in [4.78, 5) is 14.7. The first-order valence-electron chi connectivity index (χ1n) is 6.66. The molecule has 1 amide bonds. The van der Waals surface area contributed by atoms with Gasteiger partial charge in [0.25, 0.3) is 0 Å². The number of rotatable bonds is 6. The van der Waals surface area contributed by atoms with Crippen LogP contribution in [-0.2, 0) is 22.3 Å². The third-order valence-corrected chi connectivity index (χ3v) is 2.90. The predicted octanol–water partition coefficient (Wildman–Crippen LogP) is 2.41. The standard InChI is InChI=1S/C14H14F3N3O3/c1-22-7-6-11(21)18-8-9-2-4-10(5-3-9)12-19-13(23-20-12)14(15,16)17/h2-5H,6-8H2,1H3,(H,18,21). The third kappa shape index (κ3) is 4.78. The molecule has 1 aromatic heterocycles. The molecule has 0 fully saturated rings. The van der Waals surface area contributed by atoms with Crippen molar-refractivity contribution in [1.29, 1.82) is 0 Å². The van der Waals surface area contributed by atoms with Gasteiger partial charge in [-0.05, 0) is 5.56 Å². The van der Waals surface area contributed by atoms with Crippen LogP contribution in [-0.4, -0.2) is 29.8 Å². The molecule has 1 aromatic carbocycles. The summed E-state index contributed by atoms with van der Waals surface area (Å²) in [5.74, 6) is -1.68. The van der Waals surface area contributed by atoms with Crippen LogP contribution in [0.2, 0.25) is 0 Å². The van der Waals surface area contributed by atoms with Gasteiger partial charge in [0.2, 0.25) is 11.7 Å². The molecule has 0 aliphatic carbocycles. The smallest absolute Gasteiger partial charge is 0.384 e. The minimum atomic E-state index is -4.67. The molecule has 2 aromatic rings. The minimum Gasteiger partial charge on any atom is -0.384 e. The molecular weight excluding hydrogens is 315 g/mol. The molecule has 9 heteroatoms. The number of aromatic nitrogens is 2. The van der Waals surface area contributed by atoms with Crippen molar-refractivity contribution in [3.63, 3.8) is 0 Å². The van der Waals surface area contributed by atoms with E-state index in [1.54, 1.807) is 24.3 Å². The molecule has 0 saturated heterocycles. The van der Waals surface area contributed by atoms with E-state index in [9.17, 15) is 18.0 Å². The van der Waals surface area contributed by atoms with Crippen molar-refractivity contribution in [2.45, 2.75) is 19.1 Å².